The molecule has 0 spiro atoms. The van der Waals surface area contributed by atoms with E-state index in [2.05, 4.69) is 15.5 Å². The number of rotatable bonds is 4. The maximum atomic E-state index is 11.3. The zero-order valence-corrected chi connectivity index (χ0v) is 11.4. The molecule has 0 saturated heterocycles. The molecular formula is C13H14ClN3O2. The third-order valence-electron chi connectivity index (χ3n) is 2.61. The molecule has 0 aliphatic carbocycles. The van der Waals surface area contributed by atoms with Crippen LogP contribution in [0.4, 0.5) is 0 Å². The van der Waals surface area contributed by atoms with Crippen LogP contribution in [-0.4, -0.2) is 16.0 Å². The van der Waals surface area contributed by atoms with Crippen molar-refractivity contribution in [2.75, 3.05) is 0 Å². The van der Waals surface area contributed by atoms with E-state index in [4.69, 9.17) is 16.1 Å². The second-order valence-electron chi connectivity index (χ2n) is 4.11. The summed E-state index contributed by atoms with van der Waals surface area (Å²) in [7, 11) is 0. The van der Waals surface area contributed by atoms with E-state index in [1.54, 1.807) is 26.0 Å². The van der Waals surface area contributed by atoms with Crippen molar-refractivity contribution >= 4 is 17.5 Å². The van der Waals surface area contributed by atoms with Gasteiger partial charge in [0.25, 0.3) is 0 Å². The van der Waals surface area contributed by atoms with Crippen LogP contribution in [0.25, 0.3) is 11.4 Å². The molecule has 100 valence electrons. The van der Waals surface area contributed by atoms with Crippen molar-refractivity contribution in [3.63, 3.8) is 0 Å². The molecule has 6 heteroatoms. The molecule has 1 heterocycles. The summed E-state index contributed by atoms with van der Waals surface area (Å²) in [6, 6.07) is 6.84. The molecule has 0 saturated carbocycles. The predicted molar refractivity (Wildman–Crippen MR) is 71.6 cm³/mol. The molecule has 19 heavy (non-hydrogen) atoms. The van der Waals surface area contributed by atoms with Crippen LogP contribution in [0.15, 0.2) is 28.8 Å². The van der Waals surface area contributed by atoms with Crippen LogP contribution in [0.1, 0.15) is 32.2 Å². The molecule has 0 aliphatic rings. The summed E-state index contributed by atoms with van der Waals surface area (Å²) in [5.74, 6) is 0.801. The Bertz CT molecular complexity index is 566. The van der Waals surface area contributed by atoms with Gasteiger partial charge in [-0.25, -0.2) is 0 Å². The number of hydrogen-bond donors (Lipinski definition) is 1. The lowest BCUT2D eigenvalue weighted by atomic mass is 10.2. The Balaban J connectivity index is 2.14. The second kappa shape index (κ2) is 5.84. The van der Waals surface area contributed by atoms with Gasteiger partial charge < -0.3 is 9.84 Å². The number of carbonyl (C=O) groups excluding carboxylic acids is 1. The highest BCUT2D eigenvalue weighted by molar-refractivity contribution is 6.30. The van der Waals surface area contributed by atoms with Gasteiger partial charge in [-0.05, 0) is 31.2 Å². The molecule has 1 aromatic heterocycles. The van der Waals surface area contributed by atoms with Crippen molar-refractivity contribution in [2.24, 2.45) is 0 Å². The van der Waals surface area contributed by atoms with Crippen molar-refractivity contribution in [3.8, 4) is 11.4 Å². The fourth-order valence-corrected chi connectivity index (χ4v) is 1.66. The van der Waals surface area contributed by atoms with Crippen LogP contribution in [-0.2, 0) is 4.79 Å². The van der Waals surface area contributed by atoms with Crippen molar-refractivity contribution < 1.29 is 9.32 Å². The summed E-state index contributed by atoms with van der Waals surface area (Å²) >= 11 is 5.82. The molecule has 0 radical (unpaired) electrons. The van der Waals surface area contributed by atoms with Crippen LogP contribution in [0, 0.1) is 0 Å². The first-order chi connectivity index (χ1) is 9.10. The topological polar surface area (TPSA) is 68.0 Å². The van der Waals surface area contributed by atoms with Crippen LogP contribution < -0.4 is 5.32 Å². The summed E-state index contributed by atoms with van der Waals surface area (Å²) in [5.41, 5.74) is 0.813. The SMILES string of the molecule is CCC(=O)N[C@H](C)c1nc(-c2ccc(Cl)cc2)no1. The first-order valence-electron chi connectivity index (χ1n) is 5.99. The van der Waals surface area contributed by atoms with Gasteiger partial charge in [-0.2, -0.15) is 4.98 Å². The maximum absolute atomic E-state index is 11.3. The smallest absolute Gasteiger partial charge is 0.249 e. The van der Waals surface area contributed by atoms with Crippen molar-refractivity contribution in [1.29, 1.82) is 0 Å². The van der Waals surface area contributed by atoms with E-state index in [0.717, 1.165) is 5.56 Å². The molecule has 2 rings (SSSR count). The van der Waals surface area contributed by atoms with Gasteiger partial charge in [0.1, 0.15) is 6.04 Å². The Labute approximate surface area is 116 Å². The number of benzene rings is 1. The normalized spacial score (nSPS) is 12.2. The highest BCUT2D eigenvalue weighted by atomic mass is 35.5. The number of hydrogen-bond acceptors (Lipinski definition) is 4. The Hall–Kier alpha value is -1.88. The van der Waals surface area contributed by atoms with Crippen LogP contribution in [0.5, 0.6) is 0 Å². The Morgan fingerprint density at radius 1 is 1.42 bits per heavy atom. The van der Waals surface area contributed by atoms with Crippen LogP contribution in [0.3, 0.4) is 0 Å². The minimum atomic E-state index is -0.305. The summed E-state index contributed by atoms with van der Waals surface area (Å²) in [6.07, 6.45) is 0.419. The number of nitrogens with zero attached hydrogens (tertiary/aromatic N) is 2. The van der Waals surface area contributed by atoms with E-state index in [-0.39, 0.29) is 11.9 Å². The molecule has 5 nitrogen and oxygen atoms in total. The molecule has 1 aromatic carbocycles. The monoisotopic (exact) mass is 279 g/mol. The van der Waals surface area contributed by atoms with Crippen molar-refractivity contribution in [1.82, 2.24) is 15.5 Å². The lowest BCUT2D eigenvalue weighted by molar-refractivity contribution is -0.121. The molecular weight excluding hydrogens is 266 g/mol. The van der Waals surface area contributed by atoms with E-state index in [0.29, 0.717) is 23.2 Å². The van der Waals surface area contributed by atoms with E-state index in [9.17, 15) is 4.79 Å². The first-order valence-corrected chi connectivity index (χ1v) is 6.37. The molecule has 0 unspecified atom stereocenters. The minimum Gasteiger partial charge on any atom is -0.345 e. The van der Waals surface area contributed by atoms with Gasteiger partial charge in [0, 0.05) is 17.0 Å². The van der Waals surface area contributed by atoms with Gasteiger partial charge in [-0.15, -0.1) is 0 Å². The number of aromatic nitrogens is 2. The third kappa shape index (κ3) is 3.32. The average Bonchev–Trinajstić information content (AvgIpc) is 2.89. The van der Waals surface area contributed by atoms with Gasteiger partial charge >= 0.3 is 0 Å². The molecule has 1 amide bonds. The Morgan fingerprint density at radius 3 is 2.74 bits per heavy atom. The number of carbonyl (C=O) groups is 1. The fraction of sp³-hybridized carbons (Fsp3) is 0.308. The maximum Gasteiger partial charge on any atom is 0.249 e. The summed E-state index contributed by atoms with van der Waals surface area (Å²) in [6.45, 7) is 3.59. The quantitative estimate of drug-likeness (QED) is 0.934. The first kappa shape index (κ1) is 13.5. The second-order valence-corrected chi connectivity index (χ2v) is 4.54. The predicted octanol–water partition coefficient (Wildman–Crippen LogP) is 2.98. The Morgan fingerprint density at radius 2 is 2.11 bits per heavy atom. The Kier molecular flexibility index (Phi) is 4.16. The van der Waals surface area contributed by atoms with Gasteiger partial charge in [-0.1, -0.05) is 23.7 Å². The molecule has 0 bridgehead atoms. The van der Waals surface area contributed by atoms with Crippen molar-refractivity contribution in [2.45, 2.75) is 26.3 Å². The average molecular weight is 280 g/mol. The zero-order valence-electron chi connectivity index (χ0n) is 10.7. The number of nitrogens with one attached hydrogen (secondary N) is 1. The van der Waals surface area contributed by atoms with E-state index >= 15 is 0 Å². The lowest BCUT2D eigenvalue weighted by Crippen LogP contribution is -2.25. The molecule has 0 fully saturated rings. The largest absolute Gasteiger partial charge is 0.345 e. The molecule has 1 atom stereocenters. The number of amides is 1. The van der Waals surface area contributed by atoms with E-state index < -0.39 is 0 Å². The van der Waals surface area contributed by atoms with Crippen molar-refractivity contribution in [3.05, 3.63) is 35.2 Å². The van der Waals surface area contributed by atoms with Gasteiger partial charge in [0.05, 0.1) is 0 Å². The van der Waals surface area contributed by atoms with Gasteiger partial charge in [-0.3, -0.25) is 4.79 Å². The molecule has 0 aliphatic heterocycles. The lowest BCUT2D eigenvalue weighted by Gasteiger charge is -2.07. The third-order valence-corrected chi connectivity index (χ3v) is 2.87. The molecule has 2 aromatic rings. The van der Waals surface area contributed by atoms with Crippen LogP contribution >= 0.6 is 11.6 Å². The summed E-state index contributed by atoms with van der Waals surface area (Å²) in [4.78, 5) is 15.6. The van der Waals surface area contributed by atoms with Gasteiger partial charge in [0.2, 0.25) is 17.6 Å². The van der Waals surface area contributed by atoms with E-state index in [1.807, 2.05) is 12.1 Å². The zero-order chi connectivity index (χ0) is 13.8. The molecule has 1 N–H and O–H groups in total. The highest BCUT2D eigenvalue weighted by Crippen LogP contribution is 2.20. The summed E-state index contributed by atoms with van der Waals surface area (Å²) < 4.78 is 5.15. The highest BCUT2D eigenvalue weighted by Gasteiger charge is 2.16. The fourth-order valence-electron chi connectivity index (χ4n) is 1.53. The van der Waals surface area contributed by atoms with E-state index in [1.165, 1.54) is 0 Å². The minimum absolute atomic E-state index is 0.0567. The standard InChI is InChI=1S/C13H14ClN3O2/c1-3-11(18)15-8(2)13-16-12(17-19-13)9-4-6-10(14)7-5-9/h4-8H,3H2,1-2H3,(H,15,18)/t8-/m1/s1. The number of halogens is 1. The van der Waals surface area contributed by atoms with Gasteiger partial charge in [0.15, 0.2) is 0 Å². The van der Waals surface area contributed by atoms with Crippen LogP contribution in [0.2, 0.25) is 5.02 Å². The summed E-state index contributed by atoms with van der Waals surface area (Å²) in [5, 5.41) is 7.30.